The Balaban J connectivity index is 2.04. The Morgan fingerprint density at radius 3 is 2.88 bits per heavy atom. The average Bonchev–Trinajstić information content (AvgIpc) is 2.29. The van der Waals surface area contributed by atoms with Gasteiger partial charge in [0.05, 0.1) is 16.7 Å². The second kappa shape index (κ2) is 5.39. The number of benzene rings is 1. The van der Waals surface area contributed by atoms with Crippen molar-refractivity contribution in [3.63, 3.8) is 0 Å². The number of halogens is 1. The smallest absolute Gasteiger partial charge is 0.121 e. The van der Waals surface area contributed by atoms with Gasteiger partial charge in [-0.1, -0.05) is 11.6 Å². The minimum atomic E-state index is -0.261. The topological polar surface area (TPSA) is 53.2 Å². The maximum Gasteiger partial charge on any atom is 0.121 e. The molecule has 0 saturated heterocycles. The summed E-state index contributed by atoms with van der Waals surface area (Å²) in [6.07, 6.45) is 3.24. The van der Waals surface area contributed by atoms with Crippen molar-refractivity contribution in [1.82, 2.24) is 0 Å². The van der Waals surface area contributed by atoms with Crippen molar-refractivity contribution in [3.05, 3.63) is 28.8 Å². The molecule has 0 aromatic heterocycles. The molecular formula is C13H14ClNO2. The van der Waals surface area contributed by atoms with E-state index in [0.717, 1.165) is 19.3 Å². The van der Waals surface area contributed by atoms with Gasteiger partial charge in [0.1, 0.15) is 17.9 Å². The zero-order valence-corrected chi connectivity index (χ0v) is 10.2. The van der Waals surface area contributed by atoms with Crippen LogP contribution in [0.25, 0.3) is 0 Å². The number of ether oxygens (including phenoxy) is 1. The highest BCUT2D eigenvalue weighted by Crippen LogP contribution is 2.27. The fraction of sp³-hybridized carbons (Fsp3) is 0.462. The van der Waals surface area contributed by atoms with Crippen molar-refractivity contribution in [2.75, 3.05) is 0 Å². The van der Waals surface area contributed by atoms with Gasteiger partial charge in [0.25, 0.3) is 0 Å². The minimum absolute atomic E-state index is 0.0442. The molecule has 0 aliphatic heterocycles. The Bertz CT molecular complexity index is 442. The molecule has 2 atom stereocenters. The molecule has 1 aliphatic carbocycles. The number of aliphatic hydroxyl groups excluding tert-OH is 1. The van der Waals surface area contributed by atoms with Crippen LogP contribution in [0.5, 0.6) is 5.75 Å². The van der Waals surface area contributed by atoms with Gasteiger partial charge < -0.3 is 9.84 Å². The van der Waals surface area contributed by atoms with Gasteiger partial charge in [-0.2, -0.15) is 5.26 Å². The summed E-state index contributed by atoms with van der Waals surface area (Å²) in [4.78, 5) is 0. The second-order valence-corrected chi connectivity index (χ2v) is 4.72. The van der Waals surface area contributed by atoms with E-state index in [1.165, 1.54) is 0 Å². The summed E-state index contributed by atoms with van der Waals surface area (Å²) in [5, 5.41) is 18.7. The molecule has 1 aromatic carbocycles. The standard InChI is InChI=1S/C13H14ClNO2/c14-13-7-12(5-4-9(13)8-15)17-11-3-1-2-10(16)6-11/h4-5,7,10-11,16H,1-3,6H2/t10-,11-/m1/s1. The maximum atomic E-state index is 9.55. The first kappa shape index (κ1) is 12.2. The fourth-order valence-corrected chi connectivity index (χ4v) is 2.29. The van der Waals surface area contributed by atoms with Crippen LogP contribution in [-0.2, 0) is 0 Å². The van der Waals surface area contributed by atoms with Gasteiger partial charge in [0.2, 0.25) is 0 Å². The number of nitriles is 1. The molecule has 1 N–H and O–H groups in total. The van der Waals surface area contributed by atoms with Crippen LogP contribution in [0.15, 0.2) is 18.2 Å². The molecule has 1 aliphatic rings. The Morgan fingerprint density at radius 2 is 2.24 bits per heavy atom. The van der Waals surface area contributed by atoms with Gasteiger partial charge in [-0.15, -0.1) is 0 Å². The highest BCUT2D eigenvalue weighted by molar-refractivity contribution is 6.31. The molecule has 0 radical (unpaired) electrons. The molecule has 1 fully saturated rings. The lowest BCUT2D eigenvalue weighted by atomic mass is 9.95. The second-order valence-electron chi connectivity index (χ2n) is 4.31. The summed E-state index contributed by atoms with van der Waals surface area (Å²) in [6, 6.07) is 7.05. The molecule has 0 bridgehead atoms. The highest BCUT2D eigenvalue weighted by Gasteiger charge is 2.21. The van der Waals surface area contributed by atoms with E-state index in [0.29, 0.717) is 22.8 Å². The van der Waals surface area contributed by atoms with Crippen molar-refractivity contribution in [2.45, 2.75) is 37.9 Å². The first-order chi connectivity index (χ1) is 8.19. The van der Waals surface area contributed by atoms with Crippen molar-refractivity contribution >= 4 is 11.6 Å². The monoisotopic (exact) mass is 251 g/mol. The highest BCUT2D eigenvalue weighted by atomic mass is 35.5. The Hall–Kier alpha value is -1.24. The molecule has 1 saturated carbocycles. The zero-order valence-electron chi connectivity index (χ0n) is 9.40. The summed E-state index contributed by atoms with van der Waals surface area (Å²) in [7, 11) is 0. The largest absolute Gasteiger partial charge is 0.490 e. The number of rotatable bonds is 2. The van der Waals surface area contributed by atoms with E-state index in [2.05, 4.69) is 0 Å². The zero-order chi connectivity index (χ0) is 12.3. The van der Waals surface area contributed by atoms with Crippen molar-refractivity contribution < 1.29 is 9.84 Å². The van der Waals surface area contributed by atoms with Crippen LogP contribution in [0.2, 0.25) is 5.02 Å². The minimum Gasteiger partial charge on any atom is -0.490 e. The van der Waals surface area contributed by atoms with Gasteiger partial charge in [-0.3, -0.25) is 0 Å². The van der Waals surface area contributed by atoms with E-state index in [-0.39, 0.29) is 12.2 Å². The van der Waals surface area contributed by atoms with Crippen LogP contribution in [0.1, 0.15) is 31.2 Å². The quantitative estimate of drug-likeness (QED) is 0.879. The molecular weight excluding hydrogens is 238 g/mol. The number of nitrogens with zero attached hydrogens (tertiary/aromatic N) is 1. The predicted octanol–water partition coefficient (Wildman–Crippen LogP) is 2.89. The Kier molecular flexibility index (Phi) is 3.88. The third-order valence-corrected chi connectivity index (χ3v) is 3.27. The van der Waals surface area contributed by atoms with Gasteiger partial charge in [0.15, 0.2) is 0 Å². The summed E-state index contributed by atoms with van der Waals surface area (Å²) in [5.41, 5.74) is 0.447. The SMILES string of the molecule is N#Cc1ccc(O[C@@H]2CCC[C@@H](O)C2)cc1Cl. The molecule has 4 heteroatoms. The van der Waals surface area contributed by atoms with Crippen LogP contribution in [0, 0.1) is 11.3 Å². The molecule has 1 aromatic rings. The number of hydrogen-bond donors (Lipinski definition) is 1. The van der Waals surface area contributed by atoms with E-state index in [1.807, 2.05) is 6.07 Å². The van der Waals surface area contributed by atoms with E-state index >= 15 is 0 Å². The van der Waals surface area contributed by atoms with Gasteiger partial charge in [-0.05, 0) is 31.4 Å². The molecule has 17 heavy (non-hydrogen) atoms. The van der Waals surface area contributed by atoms with Crippen molar-refractivity contribution in [1.29, 1.82) is 5.26 Å². The summed E-state index contributed by atoms with van der Waals surface area (Å²) in [6.45, 7) is 0. The normalized spacial score (nSPS) is 24.1. The van der Waals surface area contributed by atoms with Crippen LogP contribution in [-0.4, -0.2) is 17.3 Å². The van der Waals surface area contributed by atoms with E-state index in [9.17, 15) is 5.11 Å². The summed E-state index contributed by atoms with van der Waals surface area (Å²) in [5.74, 6) is 0.660. The van der Waals surface area contributed by atoms with Gasteiger partial charge in [0, 0.05) is 12.5 Å². The number of hydrogen-bond acceptors (Lipinski definition) is 3. The molecule has 3 nitrogen and oxygen atoms in total. The van der Waals surface area contributed by atoms with Crippen molar-refractivity contribution in [2.24, 2.45) is 0 Å². The molecule has 0 unspecified atom stereocenters. The first-order valence-electron chi connectivity index (χ1n) is 5.73. The number of aliphatic hydroxyl groups is 1. The van der Waals surface area contributed by atoms with Crippen LogP contribution < -0.4 is 4.74 Å². The summed E-state index contributed by atoms with van der Waals surface area (Å²) < 4.78 is 5.75. The third-order valence-electron chi connectivity index (χ3n) is 2.96. The summed E-state index contributed by atoms with van der Waals surface area (Å²) >= 11 is 5.92. The molecule has 0 heterocycles. The van der Waals surface area contributed by atoms with Crippen LogP contribution >= 0.6 is 11.6 Å². The van der Waals surface area contributed by atoms with E-state index < -0.39 is 0 Å². The molecule has 2 rings (SSSR count). The fourth-order valence-electron chi connectivity index (χ4n) is 2.08. The Labute approximate surface area is 106 Å². The average molecular weight is 252 g/mol. The van der Waals surface area contributed by atoms with Gasteiger partial charge in [-0.25, -0.2) is 0 Å². The lowest BCUT2D eigenvalue weighted by molar-refractivity contribution is 0.0536. The third kappa shape index (κ3) is 3.12. The lowest BCUT2D eigenvalue weighted by Gasteiger charge is -2.26. The van der Waals surface area contributed by atoms with Crippen LogP contribution in [0.4, 0.5) is 0 Å². The predicted molar refractivity (Wildman–Crippen MR) is 65.1 cm³/mol. The Morgan fingerprint density at radius 1 is 1.41 bits per heavy atom. The van der Waals surface area contributed by atoms with E-state index in [1.54, 1.807) is 18.2 Å². The lowest BCUT2D eigenvalue weighted by Crippen LogP contribution is -2.28. The first-order valence-corrected chi connectivity index (χ1v) is 6.11. The van der Waals surface area contributed by atoms with Crippen LogP contribution in [0.3, 0.4) is 0 Å². The van der Waals surface area contributed by atoms with Crippen molar-refractivity contribution in [3.8, 4) is 11.8 Å². The molecule has 0 spiro atoms. The maximum absolute atomic E-state index is 9.55. The molecule has 0 amide bonds. The molecule has 90 valence electrons. The van der Waals surface area contributed by atoms with E-state index in [4.69, 9.17) is 21.6 Å². The van der Waals surface area contributed by atoms with Gasteiger partial charge >= 0.3 is 0 Å².